The van der Waals surface area contributed by atoms with Crippen LogP contribution in [-0.4, -0.2) is 93.4 Å². The van der Waals surface area contributed by atoms with Crippen LogP contribution in [-0.2, 0) is 51.2 Å². The smallest absolute Gasteiger partial charge is 1.00 e. The van der Waals surface area contributed by atoms with Crippen LogP contribution >= 0.6 is 0 Å². The van der Waals surface area contributed by atoms with Gasteiger partial charge < -0.3 is 5.71 Å². The van der Waals surface area contributed by atoms with Crippen molar-refractivity contribution in [3.8, 4) is 0 Å². The normalized spacial score (nSPS) is 0. The molecule has 0 aliphatic rings. The molecule has 0 N–H and O–H groups in total. The molecule has 40 valence electrons. The van der Waals surface area contributed by atoms with Gasteiger partial charge in [0.05, 0.1) is 0 Å². The van der Waals surface area contributed by atoms with E-state index in [1.807, 2.05) is 0 Å². The Balaban J connectivity index is 0. The summed E-state index contributed by atoms with van der Waals surface area (Å²) in [5.74, 6) is 0. The van der Waals surface area contributed by atoms with E-state index in [1.165, 1.54) is 0 Å². The first kappa shape index (κ1) is 45.9. The van der Waals surface area contributed by atoms with Gasteiger partial charge in [0.25, 0.3) is 0 Å². The molecule has 0 aromatic carbocycles. The third-order valence-electron chi connectivity index (χ3n) is 0. The van der Waals surface area contributed by atoms with Gasteiger partial charge in [-0.2, -0.15) is 0 Å². The Morgan fingerprint density at radius 2 is 0.667 bits per heavy atom. The molecule has 0 spiro atoms. The molecular formula is H7AsCa2Fe3. The Morgan fingerprint density at radius 1 is 0.667 bits per heavy atom. The van der Waals surface area contributed by atoms with E-state index in [0.29, 0.717) is 0 Å². The summed E-state index contributed by atoms with van der Waals surface area (Å²) in [7, 11) is 0. The third kappa shape index (κ3) is 23.4. The molecule has 0 aliphatic carbocycles. The summed E-state index contributed by atoms with van der Waals surface area (Å²) in [5.41, 5.74) is 0. The molecular weight excluding hydrogens is 323 g/mol. The molecule has 6 heteroatoms. The molecule has 6 heavy (non-hydrogen) atoms. The predicted molar refractivity (Wildman–Crippen MR) is 25.9 cm³/mol. The monoisotopic (exact) mass is 330 g/mol. The molecule has 0 amide bonds. The Bertz CT molecular complexity index is 18.5. The standard InChI is InChI=1S/AsH3.2Ca.3Fe.4H/h1H3;;;;;;;;;/q;2*+2;;;;4*-1. The maximum absolute atomic E-state index is 0. The van der Waals surface area contributed by atoms with Gasteiger partial charge in [0.2, 0.25) is 0 Å². The molecule has 0 aromatic heterocycles. The van der Waals surface area contributed by atoms with E-state index < -0.39 is 0 Å². The second-order valence-corrected chi connectivity index (χ2v) is 0. The Morgan fingerprint density at radius 3 is 0.667 bits per heavy atom. The number of hydrogen-bond donors (Lipinski definition) is 0. The Hall–Kier alpha value is 4.64. The first-order valence-electron chi connectivity index (χ1n) is 0. The Labute approximate surface area is 147 Å². The maximum Gasteiger partial charge on any atom is 2.00 e. The fourth-order valence-corrected chi connectivity index (χ4v) is 0. The average Bonchev–Trinajstić information content (AvgIpc) is 0. The van der Waals surface area contributed by atoms with Gasteiger partial charge in [0.1, 0.15) is 0 Å². The van der Waals surface area contributed by atoms with Crippen molar-refractivity contribution in [2.75, 3.05) is 0 Å². The molecule has 0 nitrogen and oxygen atoms in total. The third-order valence-corrected chi connectivity index (χ3v) is 0. The van der Waals surface area contributed by atoms with Crippen LogP contribution in [0.5, 0.6) is 0 Å². The summed E-state index contributed by atoms with van der Waals surface area (Å²) in [6.07, 6.45) is 0. The molecule has 0 fully saturated rings. The van der Waals surface area contributed by atoms with E-state index in [4.69, 9.17) is 0 Å². The molecule has 0 rings (SSSR count). The quantitative estimate of drug-likeness (QED) is 0.475. The summed E-state index contributed by atoms with van der Waals surface area (Å²) < 4.78 is 0. The van der Waals surface area contributed by atoms with E-state index in [0.717, 1.165) is 0 Å². The molecule has 0 saturated heterocycles. The first-order valence-corrected chi connectivity index (χ1v) is 0. The summed E-state index contributed by atoms with van der Waals surface area (Å²) in [4.78, 5) is 0. The van der Waals surface area contributed by atoms with Crippen molar-refractivity contribution in [1.82, 2.24) is 0 Å². The minimum absolute atomic E-state index is 0. The molecule has 1 unspecified atom stereocenters. The van der Waals surface area contributed by atoms with Crippen LogP contribution < -0.4 is 0 Å². The van der Waals surface area contributed by atoms with Crippen LogP contribution in [0.1, 0.15) is 5.71 Å². The first-order chi connectivity index (χ1) is 0. The van der Waals surface area contributed by atoms with E-state index in [1.54, 1.807) is 0 Å². The fraction of sp³-hybridized carbons (Fsp3) is 0. The van der Waals surface area contributed by atoms with Crippen LogP contribution in [0.2, 0.25) is 0 Å². The second kappa shape index (κ2) is 33.4. The van der Waals surface area contributed by atoms with Crippen LogP contribution in [0.4, 0.5) is 0 Å². The largest absolute Gasteiger partial charge is 2.00 e. The van der Waals surface area contributed by atoms with Crippen molar-refractivity contribution in [3.63, 3.8) is 0 Å². The van der Waals surface area contributed by atoms with Gasteiger partial charge in [-0.25, -0.2) is 0 Å². The molecule has 0 aliphatic heterocycles. The van der Waals surface area contributed by atoms with E-state index >= 15 is 0 Å². The van der Waals surface area contributed by atoms with Gasteiger partial charge in [-0.15, -0.1) is 0 Å². The number of rotatable bonds is 0. The van der Waals surface area contributed by atoms with Crippen molar-refractivity contribution in [2.45, 2.75) is 0 Å². The molecule has 0 radical (unpaired) electrons. The van der Waals surface area contributed by atoms with Crippen LogP contribution in [0.15, 0.2) is 0 Å². The minimum atomic E-state index is 0. The van der Waals surface area contributed by atoms with E-state index in [9.17, 15) is 0 Å². The van der Waals surface area contributed by atoms with Gasteiger partial charge in [-0.05, 0) is 0 Å². The summed E-state index contributed by atoms with van der Waals surface area (Å²) >= 11 is 0. The Kier molecular flexibility index (Phi) is 256. The zero-order valence-corrected chi connectivity index (χ0v) is 13.9. The van der Waals surface area contributed by atoms with E-state index in [-0.39, 0.29) is 150 Å². The zero-order valence-electron chi connectivity index (χ0n) is 7.18. The molecule has 1 atom stereocenters. The molecule has 0 bridgehead atoms. The topological polar surface area (TPSA) is 0 Å². The second-order valence-electron chi connectivity index (χ2n) is 0. The van der Waals surface area contributed by atoms with Gasteiger partial charge in [0.15, 0.2) is 0 Å². The van der Waals surface area contributed by atoms with Gasteiger partial charge in [0, 0.05) is 51.2 Å². The maximum atomic E-state index is 0. The fourth-order valence-electron chi connectivity index (χ4n) is 0. The van der Waals surface area contributed by atoms with Crippen molar-refractivity contribution in [2.24, 2.45) is 0 Å². The van der Waals surface area contributed by atoms with Gasteiger partial charge in [-0.3, -0.25) is 0 Å². The van der Waals surface area contributed by atoms with Crippen molar-refractivity contribution >= 4 is 93.4 Å². The molecule has 0 saturated carbocycles. The summed E-state index contributed by atoms with van der Waals surface area (Å²) in [6, 6.07) is 0. The molecule has 0 aromatic rings. The molecule has 0 heterocycles. The van der Waals surface area contributed by atoms with Gasteiger partial charge >= 0.3 is 93.4 Å². The minimum Gasteiger partial charge on any atom is -1.00 e. The van der Waals surface area contributed by atoms with Crippen molar-refractivity contribution in [3.05, 3.63) is 0 Å². The predicted octanol–water partition coefficient (Wildman–Crippen LogP) is -1.50. The van der Waals surface area contributed by atoms with E-state index in [2.05, 4.69) is 0 Å². The van der Waals surface area contributed by atoms with Crippen LogP contribution in [0, 0.1) is 0 Å². The van der Waals surface area contributed by atoms with Gasteiger partial charge in [-0.1, -0.05) is 0 Å². The van der Waals surface area contributed by atoms with Crippen molar-refractivity contribution < 1.29 is 56.9 Å². The average molecular weight is 330 g/mol. The van der Waals surface area contributed by atoms with Crippen LogP contribution in [0.3, 0.4) is 0 Å². The summed E-state index contributed by atoms with van der Waals surface area (Å²) in [6.45, 7) is 0. The summed E-state index contributed by atoms with van der Waals surface area (Å²) in [5, 5.41) is 0. The SMILES string of the molecule is [AsH3].[Ca+2].[Ca+2].[Fe].[Fe].[Fe].[H-].[H-].[H-].[H-]. The van der Waals surface area contributed by atoms with Crippen LogP contribution in [0.25, 0.3) is 0 Å². The zero-order chi connectivity index (χ0) is 0. The number of hydrogen-bond acceptors (Lipinski definition) is 0. The van der Waals surface area contributed by atoms with Crippen molar-refractivity contribution in [1.29, 1.82) is 0 Å².